The van der Waals surface area contributed by atoms with Gasteiger partial charge in [-0.05, 0) is 19.1 Å². The van der Waals surface area contributed by atoms with Crippen LogP contribution >= 0.6 is 11.8 Å². The molecule has 0 bridgehead atoms. The molecule has 1 aromatic heterocycles. The summed E-state index contributed by atoms with van der Waals surface area (Å²) in [6.07, 6.45) is 5.08. The van der Waals surface area contributed by atoms with Gasteiger partial charge in [-0.25, -0.2) is 9.97 Å². The second kappa shape index (κ2) is 6.21. The molecule has 1 heterocycles. The van der Waals surface area contributed by atoms with E-state index in [0.717, 1.165) is 21.8 Å². The number of thioether (sulfide) groups is 1. The Balaban J connectivity index is 2.10. The number of hydrogen-bond donors (Lipinski definition) is 1. The Bertz CT molecular complexity index is 649. The number of fused-ring (bicyclic) bond motifs is 1. The number of amides is 1. The number of aromatic nitrogens is 2. The van der Waals surface area contributed by atoms with Crippen molar-refractivity contribution in [3.05, 3.63) is 30.0 Å². The van der Waals surface area contributed by atoms with Crippen LogP contribution in [0.2, 0.25) is 0 Å². The Morgan fingerprint density at radius 3 is 2.74 bits per heavy atom. The quantitative estimate of drug-likeness (QED) is 0.680. The van der Waals surface area contributed by atoms with Crippen molar-refractivity contribution in [1.82, 2.24) is 15.3 Å². The number of para-hydroxylation sites is 2. The van der Waals surface area contributed by atoms with Crippen molar-refractivity contribution in [1.29, 1.82) is 0 Å². The van der Waals surface area contributed by atoms with E-state index in [1.807, 2.05) is 31.2 Å². The van der Waals surface area contributed by atoms with Gasteiger partial charge in [-0.1, -0.05) is 29.8 Å². The third-order valence-electron chi connectivity index (χ3n) is 2.43. The number of rotatable bonds is 4. The number of nitrogens with zero attached hydrogens (tertiary/aromatic N) is 2. The number of carbonyl (C=O) groups is 1. The third-order valence-corrected chi connectivity index (χ3v) is 3.50. The van der Waals surface area contributed by atoms with Crippen LogP contribution in [0.15, 0.2) is 29.3 Å². The minimum absolute atomic E-state index is 0.0997. The molecule has 4 nitrogen and oxygen atoms in total. The predicted octanol–water partition coefficient (Wildman–Crippen LogP) is 1.78. The molecule has 0 unspecified atom stereocenters. The van der Waals surface area contributed by atoms with Crippen LogP contribution in [-0.4, -0.2) is 28.2 Å². The van der Waals surface area contributed by atoms with Gasteiger partial charge in [0.2, 0.25) is 5.91 Å². The number of benzene rings is 1. The normalized spacial score (nSPS) is 10.1. The number of aryl methyl sites for hydroxylation is 1. The van der Waals surface area contributed by atoms with Crippen molar-refractivity contribution in [3.63, 3.8) is 0 Å². The van der Waals surface area contributed by atoms with Gasteiger partial charge in [0, 0.05) is 0 Å². The minimum Gasteiger partial charge on any atom is -0.344 e. The monoisotopic (exact) mass is 271 g/mol. The first-order chi connectivity index (χ1) is 9.20. The van der Waals surface area contributed by atoms with E-state index in [-0.39, 0.29) is 18.2 Å². The molecule has 1 N–H and O–H groups in total. The molecular weight excluding hydrogens is 258 g/mol. The van der Waals surface area contributed by atoms with E-state index < -0.39 is 0 Å². The summed E-state index contributed by atoms with van der Waals surface area (Å²) >= 11 is 1.37. The lowest BCUT2D eigenvalue weighted by Crippen LogP contribution is -2.25. The topological polar surface area (TPSA) is 54.9 Å². The molecule has 0 saturated carbocycles. The highest BCUT2D eigenvalue weighted by Gasteiger charge is 2.08. The maximum absolute atomic E-state index is 11.5. The number of nitrogens with one attached hydrogen (secondary N) is 1. The first-order valence-corrected chi connectivity index (χ1v) is 6.75. The zero-order chi connectivity index (χ0) is 13.7. The Morgan fingerprint density at radius 1 is 1.37 bits per heavy atom. The lowest BCUT2D eigenvalue weighted by atomic mass is 10.3. The molecule has 0 aliphatic carbocycles. The van der Waals surface area contributed by atoms with Crippen LogP contribution in [0.25, 0.3) is 11.0 Å². The van der Waals surface area contributed by atoms with E-state index >= 15 is 0 Å². The molecule has 0 saturated heterocycles. The fourth-order valence-corrected chi connectivity index (χ4v) is 2.33. The zero-order valence-electron chi connectivity index (χ0n) is 10.5. The summed E-state index contributed by atoms with van der Waals surface area (Å²) in [6, 6.07) is 7.67. The highest BCUT2D eigenvalue weighted by atomic mass is 32.2. The summed E-state index contributed by atoms with van der Waals surface area (Å²) < 4.78 is 0. The van der Waals surface area contributed by atoms with Crippen LogP contribution < -0.4 is 5.32 Å². The maximum atomic E-state index is 11.5. The van der Waals surface area contributed by atoms with Gasteiger partial charge >= 0.3 is 0 Å². The molecule has 0 spiro atoms. The van der Waals surface area contributed by atoms with Gasteiger partial charge in [-0.3, -0.25) is 4.79 Å². The van der Waals surface area contributed by atoms with Crippen molar-refractivity contribution in [3.8, 4) is 12.3 Å². The molecule has 0 atom stereocenters. The van der Waals surface area contributed by atoms with Gasteiger partial charge in [0.15, 0.2) is 0 Å². The van der Waals surface area contributed by atoms with E-state index in [0.29, 0.717) is 0 Å². The SMILES string of the molecule is C#CCNC(=O)CSc1nc2ccccc2nc1C. The van der Waals surface area contributed by atoms with E-state index in [4.69, 9.17) is 6.42 Å². The van der Waals surface area contributed by atoms with Crippen LogP contribution in [0.5, 0.6) is 0 Å². The summed E-state index contributed by atoms with van der Waals surface area (Å²) in [4.78, 5) is 20.4. The minimum atomic E-state index is -0.0997. The van der Waals surface area contributed by atoms with Gasteiger partial charge in [0.25, 0.3) is 0 Å². The summed E-state index contributed by atoms with van der Waals surface area (Å²) in [5, 5.41) is 3.39. The van der Waals surface area contributed by atoms with Crippen molar-refractivity contribution < 1.29 is 4.79 Å². The smallest absolute Gasteiger partial charge is 0.231 e. The number of terminal acetylenes is 1. The summed E-state index contributed by atoms with van der Waals surface area (Å²) in [5.74, 6) is 2.55. The van der Waals surface area contributed by atoms with Crippen LogP contribution in [0.4, 0.5) is 0 Å². The first-order valence-electron chi connectivity index (χ1n) is 5.77. The molecular formula is C14H13N3OS. The number of hydrogen-bond acceptors (Lipinski definition) is 4. The molecule has 1 aromatic carbocycles. The fourth-order valence-electron chi connectivity index (χ4n) is 1.54. The predicted molar refractivity (Wildman–Crippen MR) is 76.8 cm³/mol. The van der Waals surface area contributed by atoms with Crippen LogP contribution in [0.1, 0.15) is 5.69 Å². The standard InChI is InChI=1S/C14H13N3OS/c1-3-8-15-13(18)9-19-14-10(2)16-11-6-4-5-7-12(11)17-14/h1,4-7H,8-9H2,2H3,(H,15,18). The average Bonchev–Trinajstić information content (AvgIpc) is 2.42. The Kier molecular flexibility index (Phi) is 4.37. The Hall–Kier alpha value is -2.06. The van der Waals surface area contributed by atoms with Crippen LogP contribution in [0, 0.1) is 19.3 Å². The highest BCUT2D eigenvalue weighted by Crippen LogP contribution is 2.21. The molecule has 2 rings (SSSR count). The molecule has 19 heavy (non-hydrogen) atoms. The van der Waals surface area contributed by atoms with Crippen molar-refractivity contribution >= 4 is 28.7 Å². The lowest BCUT2D eigenvalue weighted by molar-refractivity contribution is -0.118. The van der Waals surface area contributed by atoms with E-state index in [2.05, 4.69) is 21.2 Å². The van der Waals surface area contributed by atoms with Gasteiger partial charge < -0.3 is 5.32 Å². The Labute approximate surface area is 116 Å². The fraction of sp³-hybridized carbons (Fsp3) is 0.214. The lowest BCUT2D eigenvalue weighted by Gasteiger charge is -2.06. The highest BCUT2D eigenvalue weighted by molar-refractivity contribution is 7.99. The second-order valence-corrected chi connectivity index (χ2v) is 4.84. The molecule has 0 aliphatic heterocycles. The molecule has 1 amide bonds. The van der Waals surface area contributed by atoms with Gasteiger partial charge in [0.1, 0.15) is 5.03 Å². The molecule has 2 aromatic rings. The summed E-state index contributed by atoms with van der Waals surface area (Å²) in [5.41, 5.74) is 2.52. The maximum Gasteiger partial charge on any atom is 0.231 e. The first kappa shape index (κ1) is 13.4. The van der Waals surface area contributed by atoms with E-state index in [1.165, 1.54) is 11.8 Å². The third kappa shape index (κ3) is 3.46. The van der Waals surface area contributed by atoms with Crippen LogP contribution in [-0.2, 0) is 4.79 Å². The van der Waals surface area contributed by atoms with Gasteiger partial charge in [-0.2, -0.15) is 0 Å². The summed E-state index contributed by atoms with van der Waals surface area (Å²) in [7, 11) is 0. The Morgan fingerprint density at radius 2 is 2.05 bits per heavy atom. The van der Waals surface area contributed by atoms with Gasteiger partial charge in [-0.15, -0.1) is 6.42 Å². The number of carbonyl (C=O) groups excluding carboxylic acids is 1. The molecule has 0 radical (unpaired) electrons. The van der Waals surface area contributed by atoms with Crippen molar-refractivity contribution in [2.24, 2.45) is 0 Å². The van der Waals surface area contributed by atoms with Crippen molar-refractivity contribution in [2.75, 3.05) is 12.3 Å². The second-order valence-electron chi connectivity index (χ2n) is 3.87. The molecule has 0 aliphatic rings. The summed E-state index contributed by atoms with van der Waals surface area (Å²) in [6.45, 7) is 2.14. The molecule has 96 valence electrons. The molecule has 0 fully saturated rings. The average molecular weight is 271 g/mol. The largest absolute Gasteiger partial charge is 0.344 e. The van der Waals surface area contributed by atoms with Crippen molar-refractivity contribution in [2.45, 2.75) is 11.9 Å². The van der Waals surface area contributed by atoms with E-state index in [9.17, 15) is 4.79 Å². The molecule has 5 heteroatoms. The van der Waals surface area contributed by atoms with Gasteiger partial charge in [0.05, 0.1) is 29.0 Å². The van der Waals surface area contributed by atoms with Crippen LogP contribution in [0.3, 0.4) is 0 Å². The zero-order valence-corrected chi connectivity index (χ0v) is 11.3. The van der Waals surface area contributed by atoms with E-state index in [1.54, 1.807) is 0 Å².